The largest absolute Gasteiger partial charge is 0.573 e. The van der Waals surface area contributed by atoms with Gasteiger partial charge in [0.25, 0.3) is 0 Å². The molecule has 0 saturated carbocycles. The van der Waals surface area contributed by atoms with Crippen molar-refractivity contribution in [2.45, 2.75) is 58.2 Å². The third-order valence-electron chi connectivity index (χ3n) is 5.02. The lowest BCUT2D eigenvalue weighted by Crippen LogP contribution is -2.38. The predicted molar refractivity (Wildman–Crippen MR) is 109 cm³/mol. The molecule has 0 radical (unpaired) electrons. The van der Waals surface area contributed by atoms with Crippen molar-refractivity contribution in [2.75, 3.05) is 7.11 Å². The second-order valence-electron chi connectivity index (χ2n) is 7.66. The quantitative estimate of drug-likeness (QED) is 0.563. The number of hydrogen-bond donors (Lipinski definition) is 0. The van der Waals surface area contributed by atoms with Gasteiger partial charge in [-0.2, -0.15) is 0 Å². The van der Waals surface area contributed by atoms with E-state index in [9.17, 15) is 18.0 Å². The predicted octanol–water partition coefficient (Wildman–Crippen LogP) is 5.63. The molecule has 168 valence electrons. The summed E-state index contributed by atoms with van der Waals surface area (Å²) >= 11 is 0. The maximum atomic E-state index is 12.8. The second-order valence-corrected chi connectivity index (χ2v) is 7.66. The van der Waals surface area contributed by atoms with Crippen LogP contribution >= 0.6 is 0 Å². The van der Waals surface area contributed by atoms with E-state index in [0.29, 0.717) is 23.5 Å². The average molecular weight is 437 g/mol. The van der Waals surface area contributed by atoms with Crippen LogP contribution in [0.4, 0.5) is 13.2 Å². The number of carbonyl (C=O) groups excluding carboxylic acids is 1. The fourth-order valence-corrected chi connectivity index (χ4v) is 3.80. The Hall–Kier alpha value is -2.90. The van der Waals surface area contributed by atoms with Gasteiger partial charge in [0, 0.05) is 13.0 Å². The van der Waals surface area contributed by atoms with Crippen molar-refractivity contribution in [2.24, 2.45) is 0 Å². The first-order valence-electron chi connectivity index (χ1n) is 10.2. The van der Waals surface area contributed by atoms with Crippen molar-refractivity contribution in [3.05, 3.63) is 53.6 Å². The van der Waals surface area contributed by atoms with Gasteiger partial charge in [-0.1, -0.05) is 18.2 Å². The Morgan fingerprint density at radius 3 is 2.39 bits per heavy atom. The van der Waals surface area contributed by atoms with Crippen LogP contribution in [0.25, 0.3) is 0 Å². The summed E-state index contributed by atoms with van der Waals surface area (Å²) in [7, 11) is 1.58. The molecule has 2 aromatic carbocycles. The number of benzene rings is 2. The van der Waals surface area contributed by atoms with E-state index in [4.69, 9.17) is 9.47 Å². The monoisotopic (exact) mass is 437 g/mol. The Morgan fingerprint density at radius 1 is 1.10 bits per heavy atom. The maximum absolute atomic E-state index is 12.8. The molecule has 1 heterocycles. The van der Waals surface area contributed by atoms with Gasteiger partial charge in [0.2, 0.25) is 5.91 Å². The smallest absolute Gasteiger partial charge is 0.496 e. The number of piperidine rings is 1. The van der Waals surface area contributed by atoms with E-state index in [2.05, 4.69) is 4.74 Å². The molecule has 0 spiro atoms. The zero-order valence-corrected chi connectivity index (χ0v) is 17.7. The fourth-order valence-electron chi connectivity index (χ4n) is 3.80. The highest BCUT2D eigenvalue weighted by Crippen LogP contribution is 2.43. The lowest BCUT2D eigenvalue weighted by atomic mass is 9.92. The third-order valence-corrected chi connectivity index (χ3v) is 5.02. The molecule has 1 unspecified atom stereocenters. The van der Waals surface area contributed by atoms with Gasteiger partial charge < -0.3 is 19.1 Å². The molecule has 0 N–H and O–H groups in total. The molecule has 3 rings (SSSR count). The van der Waals surface area contributed by atoms with Gasteiger partial charge in [-0.15, -0.1) is 13.2 Å². The lowest BCUT2D eigenvalue weighted by Gasteiger charge is -2.37. The number of methoxy groups -OCH3 is 1. The van der Waals surface area contributed by atoms with Crippen LogP contribution in [-0.4, -0.2) is 30.4 Å². The molecule has 2 aromatic rings. The number of alkyl halides is 3. The van der Waals surface area contributed by atoms with Gasteiger partial charge in [0.05, 0.1) is 24.8 Å². The molecule has 1 fully saturated rings. The molecular weight excluding hydrogens is 411 g/mol. The highest BCUT2D eigenvalue weighted by molar-refractivity contribution is 5.78. The van der Waals surface area contributed by atoms with E-state index >= 15 is 0 Å². The van der Waals surface area contributed by atoms with Gasteiger partial charge in [-0.25, -0.2) is 0 Å². The first-order valence-corrected chi connectivity index (χ1v) is 10.2. The summed E-state index contributed by atoms with van der Waals surface area (Å²) in [5.41, 5.74) is 1.51. The van der Waals surface area contributed by atoms with Crippen molar-refractivity contribution in [3.8, 4) is 17.2 Å². The minimum Gasteiger partial charge on any atom is -0.496 e. The number of hydrogen-bond acceptors (Lipinski definition) is 4. The SMILES string of the molecule is COc1cccc(OC(C)C)c1C1CCCC(=O)N1Cc1ccc(OC(F)(F)F)cc1. The number of rotatable bonds is 7. The Balaban J connectivity index is 1.90. The van der Waals surface area contributed by atoms with Gasteiger partial charge in [-0.3, -0.25) is 4.79 Å². The van der Waals surface area contributed by atoms with E-state index in [1.807, 2.05) is 32.0 Å². The minimum absolute atomic E-state index is 0.0201. The second kappa shape index (κ2) is 9.49. The lowest BCUT2D eigenvalue weighted by molar-refractivity contribution is -0.274. The molecule has 0 aliphatic carbocycles. The third kappa shape index (κ3) is 5.83. The van der Waals surface area contributed by atoms with Crippen LogP contribution in [0.15, 0.2) is 42.5 Å². The Kier molecular flexibility index (Phi) is 6.97. The molecule has 1 aliphatic heterocycles. The van der Waals surface area contributed by atoms with E-state index in [0.717, 1.165) is 18.4 Å². The summed E-state index contributed by atoms with van der Waals surface area (Å²) in [4.78, 5) is 14.6. The van der Waals surface area contributed by atoms with E-state index in [1.54, 1.807) is 12.0 Å². The molecule has 31 heavy (non-hydrogen) atoms. The molecule has 0 bridgehead atoms. The van der Waals surface area contributed by atoms with Crippen LogP contribution in [0.1, 0.15) is 50.3 Å². The van der Waals surface area contributed by atoms with Crippen LogP contribution in [-0.2, 0) is 11.3 Å². The van der Waals surface area contributed by atoms with Crippen LogP contribution in [0.3, 0.4) is 0 Å². The van der Waals surface area contributed by atoms with Crippen molar-refractivity contribution in [3.63, 3.8) is 0 Å². The molecule has 5 nitrogen and oxygen atoms in total. The van der Waals surface area contributed by atoms with Crippen LogP contribution in [0.2, 0.25) is 0 Å². The Bertz CT molecular complexity index is 897. The molecule has 0 aromatic heterocycles. The van der Waals surface area contributed by atoms with Crippen molar-refractivity contribution < 1.29 is 32.2 Å². The highest BCUT2D eigenvalue weighted by atomic mass is 19.4. The number of ether oxygens (including phenoxy) is 3. The number of carbonyl (C=O) groups is 1. The van der Waals surface area contributed by atoms with Crippen molar-refractivity contribution >= 4 is 5.91 Å². The number of halogens is 3. The van der Waals surface area contributed by atoms with Gasteiger partial charge in [-0.05, 0) is 56.5 Å². The normalized spacial score (nSPS) is 17.1. The van der Waals surface area contributed by atoms with Gasteiger partial charge in [0.15, 0.2) is 0 Å². The summed E-state index contributed by atoms with van der Waals surface area (Å²) in [5.74, 6) is 0.980. The number of likely N-dealkylation sites (tertiary alicyclic amines) is 1. The van der Waals surface area contributed by atoms with Gasteiger partial charge in [0.1, 0.15) is 17.2 Å². The Labute approximate surface area is 179 Å². The van der Waals surface area contributed by atoms with E-state index in [-0.39, 0.29) is 30.3 Å². The first kappa shape index (κ1) is 22.8. The molecule has 1 saturated heterocycles. The van der Waals surface area contributed by atoms with Crippen LogP contribution in [0.5, 0.6) is 17.2 Å². The maximum Gasteiger partial charge on any atom is 0.573 e. The summed E-state index contributed by atoms with van der Waals surface area (Å²) < 4.78 is 52.7. The summed E-state index contributed by atoms with van der Waals surface area (Å²) in [5, 5.41) is 0. The minimum atomic E-state index is -4.74. The van der Waals surface area contributed by atoms with E-state index in [1.165, 1.54) is 24.3 Å². The molecular formula is C23H26F3NO4. The molecule has 8 heteroatoms. The highest BCUT2D eigenvalue weighted by Gasteiger charge is 2.34. The van der Waals surface area contributed by atoms with Crippen molar-refractivity contribution in [1.82, 2.24) is 4.90 Å². The Morgan fingerprint density at radius 2 is 1.77 bits per heavy atom. The average Bonchev–Trinajstić information content (AvgIpc) is 2.69. The summed E-state index contributed by atoms with van der Waals surface area (Å²) in [6, 6.07) is 10.8. The van der Waals surface area contributed by atoms with Crippen LogP contribution in [0, 0.1) is 0 Å². The zero-order chi connectivity index (χ0) is 22.6. The van der Waals surface area contributed by atoms with E-state index < -0.39 is 6.36 Å². The standard InChI is InChI=1S/C23H26F3NO4/c1-15(2)30-20-8-5-7-19(29-3)22(20)18-6-4-9-21(28)27(18)14-16-10-12-17(13-11-16)31-23(24,25)26/h5,7-8,10-13,15,18H,4,6,9,14H2,1-3H3. The first-order chi connectivity index (χ1) is 14.7. The van der Waals surface area contributed by atoms with Crippen molar-refractivity contribution in [1.29, 1.82) is 0 Å². The molecule has 1 atom stereocenters. The topological polar surface area (TPSA) is 48.0 Å². The van der Waals surface area contributed by atoms with Crippen LogP contribution < -0.4 is 14.2 Å². The summed E-state index contributed by atoms with van der Waals surface area (Å²) in [6.07, 6.45) is -2.92. The molecule has 1 amide bonds. The van der Waals surface area contributed by atoms with Gasteiger partial charge >= 0.3 is 6.36 Å². The molecule has 1 aliphatic rings. The zero-order valence-electron chi connectivity index (χ0n) is 17.7. The number of nitrogens with zero attached hydrogens (tertiary/aromatic N) is 1. The summed E-state index contributed by atoms with van der Waals surface area (Å²) in [6.45, 7) is 4.12. The fraction of sp³-hybridized carbons (Fsp3) is 0.435. The number of amides is 1.